The molecule has 6 heteroatoms. The van der Waals surface area contributed by atoms with Crippen LogP contribution in [0.15, 0.2) is 12.1 Å². The van der Waals surface area contributed by atoms with Crippen molar-refractivity contribution in [3.63, 3.8) is 0 Å². The predicted molar refractivity (Wildman–Crippen MR) is 65.2 cm³/mol. The van der Waals surface area contributed by atoms with Crippen molar-refractivity contribution in [2.24, 2.45) is 0 Å². The molecule has 17 heavy (non-hydrogen) atoms. The maximum absolute atomic E-state index is 10.8. The van der Waals surface area contributed by atoms with E-state index in [1.807, 2.05) is 13.8 Å². The van der Waals surface area contributed by atoms with E-state index in [0.717, 1.165) is 5.69 Å². The van der Waals surface area contributed by atoms with Gasteiger partial charge >= 0.3 is 5.69 Å². The number of nitrogens with zero attached hydrogens (tertiary/aromatic N) is 2. The molecule has 0 aliphatic rings. The van der Waals surface area contributed by atoms with Gasteiger partial charge in [0.05, 0.1) is 17.6 Å². The maximum Gasteiger partial charge on any atom is 0.311 e. The first-order valence-electron chi connectivity index (χ1n) is 5.48. The zero-order chi connectivity index (χ0) is 12.8. The third-order valence-corrected chi connectivity index (χ3v) is 2.06. The molecule has 0 unspecified atom stereocenters. The van der Waals surface area contributed by atoms with Crippen molar-refractivity contribution in [1.82, 2.24) is 4.98 Å². The molecule has 1 aromatic rings. The third-order valence-electron chi connectivity index (χ3n) is 2.06. The van der Waals surface area contributed by atoms with E-state index in [-0.39, 0.29) is 11.8 Å². The Morgan fingerprint density at radius 2 is 2.24 bits per heavy atom. The molecular formula is C11H17N3O3. The normalized spacial score (nSPS) is 10.6. The van der Waals surface area contributed by atoms with Crippen LogP contribution in [0.4, 0.5) is 11.5 Å². The van der Waals surface area contributed by atoms with Crippen molar-refractivity contribution in [3.8, 4) is 0 Å². The average molecular weight is 239 g/mol. The highest BCUT2D eigenvalue weighted by molar-refractivity contribution is 5.55. The highest BCUT2D eigenvalue weighted by Gasteiger charge is 2.14. The van der Waals surface area contributed by atoms with Crippen molar-refractivity contribution >= 4 is 11.5 Å². The highest BCUT2D eigenvalue weighted by Crippen LogP contribution is 2.21. The number of pyridine rings is 1. The van der Waals surface area contributed by atoms with Crippen LogP contribution in [0.5, 0.6) is 0 Å². The number of nitrogens with one attached hydrogen (secondary N) is 1. The molecule has 0 aromatic carbocycles. The number of ether oxygens (including phenoxy) is 1. The van der Waals surface area contributed by atoms with E-state index in [9.17, 15) is 10.1 Å². The number of hydrogen-bond donors (Lipinski definition) is 1. The van der Waals surface area contributed by atoms with Gasteiger partial charge in [-0.1, -0.05) is 0 Å². The fraction of sp³-hybridized carbons (Fsp3) is 0.545. The summed E-state index contributed by atoms with van der Waals surface area (Å²) in [5, 5.41) is 13.7. The topological polar surface area (TPSA) is 77.3 Å². The van der Waals surface area contributed by atoms with E-state index in [0.29, 0.717) is 19.0 Å². The minimum absolute atomic E-state index is 0.0138. The van der Waals surface area contributed by atoms with Crippen LogP contribution < -0.4 is 5.32 Å². The van der Waals surface area contributed by atoms with Gasteiger partial charge in [-0.15, -0.1) is 0 Å². The Morgan fingerprint density at radius 3 is 2.82 bits per heavy atom. The van der Waals surface area contributed by atoms with Crippen LogP contribution in [0, 0.1) is 17.0 Å². The van der Waals surface area contributed by atoms with Crippen LogP contribution in [0.25, 0.3) is 0 Å². The number of hydrogen-bond acceptors (Lipinski definition) is 5. The largest absolute Gasteiger partial charge is 0.377 e. The fourth-order valence-electron chi connectivity index (χ4n) is 1.29. The zero-order valence-electron chi connectivity index (χ0n) is 10.3. The summed E-state index contributed by atoms with van der Waals surface area (Å²) in [6.45, 7) is 6.65. The molecule has 1 heterocycles. The number of nitro groups is 1. The smallest absolute Gasteiger partial charge is 0.311 e. The Morgan fingerprint density at radius 1 is 1.53 bits per heavy atom. The summed E-state index contributed by atoms with van der Waals surface area (Å²) in [6.07, 6.45) is 0.150. The molecule has 0 radical (unpaired) electrons. The molecule has 0 saturated heterocycles. The van der Waals surface area contributed by atoms with Crippen molar-refractivity contribution in [1.29, 1.82) is 0 Å². The molecule has 94 valence electrons. The lowest BCUT2D eigenvalue weighted by molar-refractivity contribution is -0.384. The number of aryl methyl sites for hydroxylation is 1. The lowest BCUT2D eigenvalue weighted by Crippen LogP contribution is -2.14. The van der Waals surface area contributed by atoms with Crippen LogP contribution in [-0.4, -0.2) is 29.2 Å². The number of anilines is 1. The van der Waals surface area contributed by atoms with Gasteiger partial charge in [-0.25, -0.2) is 4.98 Å². The summed E-state index contributed by atoms with van der Waals surface area (Å²) in [5.74, 6) is 0.294. The summed E-state index contributed by atoms with van der Waals surface area (Å²) in [7, 11) is 0. The molecule has 0 bridgehead atoms. The Kier molecular flexibility index (Phi) is 4.84. The highest BCUT2D eigenvalue weighted by atomic mass is 16.6. The van der Waals surface area contributed by atoms with Gasteiger partial charge in [-0.2, -0.15) is 0 Å². The lowest BCUT2D eigenvalue weighted by Gasteiger charge is -2.09. The molecule has 0 fully saturated rings. The van der Waals surface area contributed by atoms with Gasteiger partial charge in [0.2, 0.25) is 5.82 Å². The average Bonchev–Trinajstić information content (AvgIpc) is 2.23. The minimum Gasteiger partial charge on any atom is -0.377 e. The SMILES string of the molecule is Cc1ccc([N+](=O)[O-])c(NCCOC(C)C)n1. The number of aromatic nitrogens is 1. The second kappa shape index (κ2) is 6.15. The van der Waals surface area contributed by atoms with Gasteiger partial charge in [0, 0.05) is 18.3 Å². The van der Waals surface area contributed by atoms with Crippen LogP contribution in [0.1, 0.15) is 19.5 Å². The van der Waals surface area contributed by atoms with E-state index in [4.69, 9.17) is 4.74 Å². The summed E-state index contributed by atoms with van der Waals surface area (Å²) in [6, 6.07) is 3.07. The molecule has 0 spiro atoms. The van der Waals surface area contributed by atoms with Crippen molar-refractivity contribution in [2.75, 3.05) is 18.5 Å². The van der Waals surface area contributed by atoms with Gasteiger partial charge in [0.1, 0.15) is 0 Å². The Bertz CT molecular complexity index is 394. The second-order valence-electron chi connectivity index (χ2n) is 3.92. The zero-order valence-corrected chi connectivity index (χ0v) is 10.3. The lowest BCUT2D eigenvalue weighted by atomic mass is 10.3. The van der Waals surface area contributed by atoms with Crippen molar-refractivity contribution < 1.29 is 9.66 Å². The van der Waals surface area contributed by atoms with Crippen LogP contribution in [-0.2, 0) is 4.74 Å². The first-order chi connectivity index (χ1) is 8.00. The summed E-state index contributed by atoms with van der Waals surface area (Å²) >= 11 is 0. The molecule has 1 N–H and O–H groups in total. The van der Waals surface area contributed by atoms with Crippen molar-refractivity contribution in [2.45, 2.75) is 26.9 Å². The second-order valence-corrected chi connectivity index (χ2v) is 3.92. The van der Waals surface area contributed by atoms with Gasteiger partial charge in [-0.05, 0) is 26.8 Å². The fourth-order valence-corrected chi connectivity index (χ4v) is 1.29. The standard InChI is InChI=1S/C11H17N3O3/c1-8(2)17-7-6-12-11-10(14(15)16)5-4-9(3)13-11/h4-5,8H,6-7H2,1-3H3,(H,12,13). The Balaban J connectivity index is 2.62. The van der Waals surface area contributed by atoms with Crippen LogP contribution >= 0.6 is 0 Å². The Hall–Kier alpha value is -1.69. The summed E-state index contributed by atoms with van der Waals surface area (Å²) in [5.41, 5.74) is 0.725. The van der Waals surface area contributed by atoms with E-state index in [2.05, 4.69) is 10.3 Å². The predicted octanol–water partition coefficient (Wildman–Crippen LogP) is 2.14. The minimum atomic E-state index is -0.446. The molecule has 1 rings (SSSR count). The first kappa shape index (κ1) is 13.4. The first-order valence-corrected chi connectivity index (χ1v) is 5.48. The molecule has 0 saturated carbocycles. The van der Waals surface area contributed by atoms with Gasteiger partial charge < -0.3 is 10.1 Å². The third kappa shape index (κ3) is 4.36. The monoisotopic (exact) mass is 239 g/mol. The summed E-state index contributed by atoms with van der Waals surface area (Å²) in [4.78, 5) is 14.4. The Labute approximate surface area is 100 Å². The van der Waals surface area contributed by atoms with Crippen LogP contribution in [0.2, 0.25) is 0 Å². The molecular weight excluding hydrogens is 222 g/mol. The molecule has 0 aliphatic carbocycles. The molecule has 6 nitrogen and oxygen atoms in total. The molecule has 0 atom stereocenters. The van der Waals surface area contributed by atoms with Gasteiger partial charge in [-0.3, -0.25) is 10.1 Å². The van der Waals surface area contributed by atoms with E-state index >= 15 is 0 Å². The quantitative estimate of drug-likeness (QED) is 0.467. The number of rotatable bonds is 6. The van der Waals surface area contributed by atoms with Gasteiger partial charge in [0.15, 0.2) is 0 Å². The van der Waals surface area contributed by atoms with E-state index in [1.54, 1.807) is 13.0 Å². The van der Waals surface area contributed by atoms with Gasteiger partial charge in [0.25, 0.3) is 0 Å². The van der Waals surface area contributed by atoms with Crippen LogP contribution in [0.3, 0.4) is 0 Å². The summed E-state index contributed by atoms with van der Waals surface area (Å²) < 4.78 is 5.33. The molecule has 0 aliphatic heterocycles. The molecule has 1 aromatic heterocycles. The van der Waals surface area contributed by atoms with E-state index in [1.165, 1.54) is 6.07 Å². The van der Waals surface area contributed by atoms with E-state index < -0.39 is 4.92 Å². The maximum atomic E-state index is 10.8. The van der Waals surface area contributed by atoms with Crippen molar-refractivity contribution in [3.05, 3.63) is 27.9 Å². The molecule has 0 amide bonds.